The Balaban J connectivity index is 2.09. The fourth-order valence-electron chi connectivity index (χ4n) is 1.77. The van der Waals surface area contributed by atoms with Gasteiger partial charge in [0.1, 0.15) is 0 Å². The van der Waals surface area contributed by atoms with Gasteiger partial charge in [-0.05, 0) is 38.3 Å². The number of hydrogen-bond acceptors (Lipinski definition) is 1. The molecule has 18 heavy (non-hydrogen) atoms. The van der Waals surface area contributed by atoms with Gasteiger partial charge in [0, 0.05) is 12.5 Å². The third-order valence-electron chi connectivity index (χ3n) is 2.84. The molecule has 0 saturated carbocycles. The third-order valence-corrected chi connectivity index (χ3v) is 2.84. The van der Waals surface area contributed by atoms with Crippen LogP contribution in [0.4, 0.5) is 13.2 Å². The second kappa shape index (κ2) is 7.41. The molecule has 1 N–H and O–H groups in total. The Bertz CT molecular complexity index is 322. The number of hydrogen-bond donors (Lipinski definition) is 1. The van der Waals surface area contributed by atoms with Crippen LogP contribution in [-0.4, -0.2) is 18.8 Å². The lowest BCUT2D eigenvalue weighted by atomic mass is 10.1. The number of rotatable bonds is 7. The fourth-order valence-corrected chi connectivity index (χ4v) is 1.77. The molecule has 1 nitrogen and oxygen atoms in total. The topological polar surface area (TPSA) is 12.0 Å². The van der Waals surface area contributed by atoms with Crippen LogP contribution in [-0.2, 0) is 6.42 Å². The van der Waals surface area contributed by atoms with Gasteiger partial charge in [0.25, 0.3) is 0 Å². The summed E-state index contributed by atoms with van der Waals surface area (Å²) in [6, 6.07) is 10.3. The largest absolute Gasteiger partial charge is 0.389 e. The number of benzene rings is 1. The minimum atomic E-state index is -4.03. The Morgan fingerprint density at radius 2 is 1.83 bits per heavy atom. The monoisotopic (exact) mass is 259 g/mol. The van der Waals surface area contributed by atoms with E-state index in [2.05, 4.69) is 17.4 Å². The molecule has 0 aliphatic heterocycles. The van der Waals surface area contributed by atoms with Gasteiger partial charge in [-0.25, -0.2) is 0 Å². The van der Waals surface area contributed by atoms with Crippen molar-refractivity contribution in [1.29, 1.82) is 0 Å². The Morgan fingerprint density at radius 1 is 1.17 bits per heavy atom. The van der Waals surface area contributed by atoms with Crippen molar-refractivity contribution in [3.05, 3.63) is 35.9 Å². The maximum absolute atomic E-state index is 11.9. The zero-order valence-electron chi connectivity index (χ0n) is 10.6. The van der Waals surface area contributed by atoms with Gasteiger partial charge in [-0.2, -0.15) is 13.2 Å². The molecule has 0 saturated heterocycles. The molecule has 1 aromatic rings. The molecule has 0 spiro atoms. The van der Waals surface area contributed by atoms with Crippen molar-refractivity contribution in [2.45, 2.75) is 44.8 Å². The van der Waals surface area contributed by atoms with Crippen molar-refractivity contribution in [1.82, 2.24) is 5.32 Å². The van der Waals surface area contributed by atoms with E-state index >= 15 is 0 Å². The Hall–Kier alpha value is -1.03. The molecule has 0 bridgehead atoms. The van der Waals surface area contributed by atoms with Crippen LogP contribution >= 0.6 is 0 Å². The van der Waals surface area contributed by atoms with E-state index in [0.717, 1.165) is 12.8 Å². The van der Waals surface area contributed by atoms with Gasteiger partial charge in [-0.3, -0.25) is 0 Å². The molecule has 1 atom stereocenters. The average Bonchev–Trinajstić information content (AvgIpc) is 2.32. The molecule has 1 aromatic carbocycles. The number of alkyl halides is 3. The molecule has 102 valence electrons. The molecule has 0 amide bonds. The molecule has 0 radical (unpaired) electrons. The molecular weight excluding hydrogens is 239 g/mol. The first-order valence-corrected chi connectivity index (χ1v) is 6.31. The molecule has 0 aliphatic carbocycles. The summed E-state index contributed by atoms with van der Waals surface area (Å²) in [5, 5.41) is 3.13. The highest BCUT2D eigenvalue weighted by Gasteiger charge is 2.25. The van der Waals surface area contributed by atoms with E-state index in [1.54, 1.807) is 0 Å². The highest BCUT2D eigenvalue weighted by Crippen LogP contribution is 2.20. The van der Waals surface area contributed by atoms with Crippen molar-refractivity contribution >= 4 is 0 Å². The van der Waals surface area contributed by atoms with E-state index in [4.69, 9.17) is 0 Å². The minimum Gasteiger partial charge on any atom is -0.314 e. The van der Waals surface area contributed by atoms with Crippen LogP contribution in [0.5, 0.6) is 0 Å². The summed E-state index contributed by atoms with van der Waals surface area (Å²) >= 11 is 0. The molecule has 0 aliphatic rings. The summed E-state index contributed by atoms with van der Waals surface area (Å²) in [6.07, 6.45) is -2.69. The van der Waals surface area contributed by atoms with Crippen molar-refractivity contribution in [2.75, 3.05) is 6.54 Å². The van der Waals surface area contributed by atoms with E-state index in [1.807, 2.05) is 25.1 Å². The van der Waals surface area contributed by atoms with Crippen LogP contribution in [0.3, 0.4) is 0 Å². The van der Waals surface area contributed by atoms with E-state index < -0.39 is 12.6 Å². The first-order valence-electron chi connectivity index (χ1n) is 6.31. The van der Waals surface area contributed by atoms with Gasteiger partial charge in [0.15, 0.2) is 0 Å². The van der Waals surface area contributed by atoms with Crippen molar-refractivity contribution in [3.8, 4) is 0 Å². The van der Waals surface area contributed by atoms with Crippen molar-refractivity contribution in [2.24, 2.45) is 0 Å². The van der Waals surface area contributed by atoms with E-state index in [1.165, 1.54) is 5.56 Å². The predicted molar refractivity (Wildman–Crippen MR) is 67.5 cm³/mol. The SMILES string of the molecule is CC(CCc1ccccc1)NCCCC(F)(F)F. The lowest BCUT2D eigenvalue weighted by Gasteiger charge is -2.14. The zero-order valence-corrected chi connectivity index (χ0v) is 10.6. The van der Waals surface area contributed by atoms with Gasteiger partial charge in [-0.15, -0.1) is 0 Å². The maximum atomic E-state index is 11.9. The molecule has 0 fully saturated rings. The lowest BCUT2D eigenvalue weighted by Crippen LogP contribution is -2.28. The highest BCUT2D eigenvalue weighted by atomic mass is 19.4. The molecule has 0 heterocycles. The van der Waals surface area contributed by atoms with Crippen molar-refractivity contribution in [3.63, 3.8) is 0 Å². The highest BCUT2D eigenvalue weighted by molar-refractivity contribution is 5.14. The Kier molecular flexibility index (Phi) is 6.19. The maximum Gasteiger partial charge on any atom is 0.389 e. The zero-order chi connectivity index (χ0) is 13.4. The van der Waals surface area contributed by atoms with Crippen LogP contribution in [0.2, 0.25) is 0 Å². The number of halogens is 3. The smallest absolute Gasteiger partial charge is 0.314 e. The van der Waals surface area contributed by atoms with E-state index in [-0.39, 0.29) is 12.5 Å². The first-order chi connectivity index (χ1) is 8.47. The summed E-state index contributed by atoms with van der Waals surface area (Å²) in [4.78, 5) is 0. The van der Waals surface area contributed by atoms with E-state index in [9.17, 15) is 13.2 Å². The summed E-state index contributed by atoms with van der Waals surface area (Å²) in [5.74, 6) is 0. The van der Waals surface area contributed by atoms with Crippen LogP contribution in [0.1, 0.15) is 31.7 Å². The molecule has 4 heteroatoms. The number of aryl methyl sites for hydroxylation is 1. The quantitative estimate of drug-likeness (QED) is 0.731. The first kappa shape index (κ1) is 15.0. The van der Waals surface area contributed by atoms with Crippen LogP contribution in [0, 0.1) is 0 Å². The normalized spacial score (nSPS) is 13.6. The minimum absolute atomic E-state index is 0.152. The van der Waals surface area contributed by atoms with Gasteiger partial charge >= 0.3 is 6.18 Å². The number of nitrogens with one attached hydrogen (secondary N) is 1. The lowest BCUT2D eigenvalue weighted by molar-refractivity contribution is -0.135. The molecule has 1 unspecified atom stereocenters. The molecule has 1 rings (SSSR count). The summed E-state index contributed by atoms with van der Waals surface area (Å²) in [5.41, 5.74) is 1.27. The Labute approximate surface area is 106 Å². The van der Waals surface area contributed by atoms with Crippen molar-refractivity contribution < 1.29 is 13.2 Å². The fraction of sp³-hybridized carbons (Fsp3) is 0.571. The Morgan fingerprint density at radius 3 is 2.44 bits per heavy atom. The second-order valence-corrected chi connectivity index (χ2v) is 4.60. The van der Waals surface area contributed by atoms with Gasteiger partial charge in [-0.1, -0.05) is 30.3 Å². The van der Waals surface area contributed by atoms with Crippen LogP contribution in [0.15, 0.2) is 30.3 Å². The standard InChI is InChI=1S/C14H20F3N/c1-12(18-11-5-10-14(15,16)17)8-9-13-6-3-2-4-7-13/h2-4,6-7,12,18H,5,8-11H2,1H3. The molecular formula is C14H20F3N. The summed E-state index contributed by atoms with van der Waals surface area (Å²) in [6.45, 7) is 2.44. The van der Waals surface area contributed by atoms with Crippen LogP contribution < -0.4 is 5.32 Å². The summed E-state index contributed by atoms with van der Waals surface area (Å²) < 4.78 is 35.8. The predicted octanol–water partition coefficient (Wildman–Crippen LogP) is 3.94. The van der Waals surface area contributed by atoms with Gasteiger partial charge in [0.05, 0.1) is 0 Å². The van der Waals surface area contributed by atoms with E-state index in [0.29, 0.717) is 6.54 Å². The summed E-state index contributed by atoms with van der Waals surface area (Å²) in [7, 11) is 0. The average molecular weight is 259 g/mol. The third kappa shape index (κ3) is 7.33. The van der Waals surface area contributed by atoms with Gasteiger partial charge < -0.3 is 5.32 Å². The van der Waals surface area contributed by atoms with Gasteiger partial charge in [0.2, 0.25) is 0 Å². The second-order valence-electron chi connectivity index (χ2n) is 4.60. The molecule has 0 aromatic heterocycles. The van der Waals surface area contributed by atoms with Crippen LogP contribution in [0.25, 0.3) is 0 Å².